The van der Waals surface area contributed by atoms with Crippen molar-refractivity contribution in [2.75, 3.05) is 0 Å². The normalized spacial score (nSPS) is 17.4. The monoisotopic (exact) mass is 368 g/mol. The van der Waals surface area contributed by atoms with Gasteiger partial charge in [-0.1, -0.05) is 48.5 Å². The summed E-state index contributed by atoms with van der Waals surface area (Å²) in [5.74, 6) is -1.23. The number of carbonyl (C=O) groups excluding carboxylic acids is 2. The molecule has 0 aliphatic heterocycles. The molecule has 0 saturated heterocycles. The number of hydrogen-bond donors (Lipinski definition) is 1. The Bertz CT molecular complexity index is 679. The molecule has 1 atom stereocenters. The molecule has 0 bridgehead atoms. The second-order valence-electron chi connectivity index (χ2n) is 5.89. The molecule has 1 fully saturated rings. The first kappa shape index (κ1) is 18.6. The fourth-order valence-electron chi connectivity index (χ4n) is 2.70. The molecule has 1 N–H and O–H groups in total. The van der Waals surface area contributed by atoms with Crippen molar-refractivity contribution in [3.8, 4) is 6.07 Å². The van der Waals surface area contributed by atoms with Crippen LogP contribution in [0.25, 0.3) is 0 Å². The van der Waals surface area contributed by atoms with Crippen LogP contribution in [0.4, 0.5) is 0 Å². The van der Waals surface area contributed by atoms with Crippen LogP contribution in [-0.2, 0) is 9.53 Å². The maximum Gasteiger partial charge on any atom is 0.340 e. The number of rotatable bonds is 4. The first-order valence-corrected chi connectivity index (χ1v) is 8.52. The minimum atomic E-state index is -1.04. The van der Waals surface area contributed by atoms with Crippen LogP contribution in [-0.4, -0.2) is 23.5 Å². The van der Waals surface area contributed by atoms with E-state index >= 15 is 0 Å². The number of nitrogens with one attached hydrogen (secondary N) is 1. The van der Waals surface area contributed by atoms with Gasteiger partial charge in [-0.15, -0.1) is 0 Å². The van der Waals surface area contributed by atoms with Gasteiger partial charge in [-0.2, -0.15) is 5.26 Å². The van der Waals surface area contributed by atoms with E-state index in [0.717, 1.165) is 19.3 Å². The van der Waals surface area contributed by atoms with E-state index in [1.165, 1.54) is 13.0 Å². The Morgan fingerprint density at radius 3 is 2.58 bits per heavy atom. The predicted octanol–water partition coefficient (Wildman–Crippen LogP) is 3.88. The summed E-state index contributed by atoms with van der Waals surface area (Å²) in [5.41, 5.74) is -0.777. The Morgan fingerprint density at radius 1 is 1.29 bits per heavy atom. The maximum absolute atomic E-state index is 12.3. The van der Waals surface area contributed by atoms with Gasteiger partial charge in [0.15, 0.2) is 6.10 Å². The third kappa shape index (κ3) is 4.19. The minimum Gasteiger partial charge on any atom is -0.449 e. The highest BCUT2D eigenvalue weighted by Crippen LogP contribution is 2.28. The molecule has 2 rings (SSSR count). The first-order chi connectivity index (χ1) is 11.4. The lowest BCUT2D eigenvalue weighted by Crippen LogP contribution is -2.52. The van der Waals surface area contributed by atoms with Gasteiger partial charge in [0.2, 0.25) is 0 Å². The standard InChI is InChI=1S/C17H18Cl2N2O3/c1-11(15(22)21-17(10-20)8-3-2-4-9-17)24-16(23)12-6-5-7-13(18)14(12)19/h5-7,11H,2-4,8-9H2,1H3,(H,21,22)/t11-/m1/s1. The van der Waals surface area contributed by atoms with Crippen molar-refractivity contribution >= 4 is 35.1 Å². The van der Waals surface area contributed by atoms with Crippen molar-refractivity contribution in [1.29, 1.82) is 5.26 Å². The lowest BCUT2D eigenvalue weighted by molar-refractivity contribution is -0.130. The van der Waals surface area contributed by atoms with Gasteiger partial charge in [0.05, 0.1) is 21.7 Å². The molecule has 0 unspecified atom stereocenters. The molecule has 128 valence electrons. The van der Waals surface area contributed by atoms with Crippen molar-refractivity contribution in [1.82, 2.24) is 5.32 Å². The fraction of sp³-hybridized carbons (Fsp3) is 0.471. The van der Waals surface area contributed by atoms with Gasteiger partial charge in [0, 0.05) is 0 Å². The Hall–Kier alpha value is -1.77. The summed E-state index contributed by atoms with van der Waals surface area (Å²) in [7, 11) is 0. The van der Waals surface area contributed by atoms with E-state index in [1.807, 2.05) is 0 Å². The van der Waals surface area contributed by atoms with Crippen molar-refractivity contribution in [2.24, 2.45) is 0 Å². The van der Waals surface area contributed by atoms with Gasteiger partial charge in [0.25, 0.3) is 5.91 Å². The van der Waals surface area contributed by atoms with E-state index in [0.29, 0.717) is 12.8 Å². The fourth-order valence-corrected chi connectivity index (χ4v) is 3.07. The Labute approximate surface area is 150 Å². The number of nitriles is 1. The Balaban J connectivity index is 2.02. The van der Waals surface area contributed by atoms with Gasteiger partial charge < -0.3 is 10.1 Å². The van der Waals surface area contributed by atoms with Crippen LogP contribution in [0.5, 0.6) is 0 Å². The number of hydrogen-bond acceptors (Lipinski definition) is 4. The number of esters is 1. The van der Waals surface area contributed by atoms with E-state index in [-0.39, 0.29) is 15.6 Å². The zero-order valence-electron chi connectivity index (χ0n) is 13.3. The predicted molar refractivity (Wildman–Crippen MR) is 90.9 cm³/mol. The zero-order valence-corrected chi connectivity index (χ0v) is 14.8. The number of nitrogens with zero attached hydrogens (tertiary/aromatic N) is 1. The molecular formula is C17H18Cl2N2O3. The minimum absolute atomic E-state index is 0.0811. The van der Waals surface area contributed by atoms with Gasteiger partial charge in [-0.25, -0.2) is 4.79 Å². The van der Waals surface area contributed by atoms with Gasteiger partial charge in [-0.05, 0) is 31.9 Å². The molecule has 1 aromatic rings. The molecule has 1 amide bonds. The summed E-state index contributed by atoms with van der Waals surface area (Å²) in [5, 5.41) is 12.4. The van der Waals surface area contributed by atoms with Crippen LogP contribution < -0.4 is 5.32 Å². The van der Waals surface area contributed by atoms with Crippen molar-refractivity contribution in [2.45, 2.75) is 50.7 Å². The summed E-state index contributed by atoms with van der Waals surface area (Å²) in [6, 6.07) is 6.79. The number of halogens is 2. The van der Waals surface area contributed by atoms with Gasteiger partial charge in [-0.3, -0.25) is 4.79 Å². The van der Waals surface area contributed by atoms with E-state index in [4.69, 9.17) is 27.9 Å². The first-order valence-electron chi connectivity index (χ1n) is 7.77. The van der Waals surface area contributed by atoms with Crippen molar-refractivity contribution in [3.63, 3.8) is 0 Å². The molecule has 0 radical (unpaired) electrons. The van der Waals surface area contributed by atoms with E-state index in [1.54, 1.807) is 12.1 Å². The molecule has 1 aromatic carbocycles. The van der Waals surface area contributed by atoms with Crippen LogP contribution in [0.2, 0.25) is 10.0 Å². The molecule has 5 nitrogen and oxygen atoms in total. The van der Waals surface area contributed by atoms with E-state index < -0.39 is 23.5 Å². The summed E-state index contributed by atoms with van der Waals surface area (Å²) in [6.45, 7) is 1.46. The molecular weight excluding hydrogens is 351 g/mol. The topological polar surface area (TPSA) is 79.2 Å². The van der Waals surface area contributed by atoms with Crippen LogP contribution in [0, 0.1) is 11.3 Å². The highest BCUT2D eigenvalue weighted by molar-refractivity contribution is 6.43. The number of benzene rings is 1. The second-order valence-corrected chi connectivity index (χ2v) is 6.68. The molecule has 0 spiro atoms. The smallest absolute Gasteiger partial charge is 0.340 e. The summed E-state index contributed by atoms with van der Waals surface area (Å²) < 4.78 is 5.16. The largest absolute Gasteiger partial charge is 0.449 e. The quantitative estimate of drug-likeness (QED) is 0.817. The van der Waals surface area contributed by atoms with Crippen LogP contribution in [0.3, 0.4) is 0 Å². The molecule has 0 aromatic heterocycles. The van der Waals surface area contributed by atoms with Gasteiger partial charge in [0.1, 0.15) is 5.54 Å². The molecule has 0 heterocycles. The van der Waals surface area contributed by atoms with Crippen LogP contribution in [0.1, 0.15) is 49.4 Å². The number of amides is 1. The average molecular weight is 369 g/mol. The molecule has 7 heteroatoms. The van der Waals surface area contributed by atoms with Gasteiger partial charge >= 0.3 is 5.97 Å². The molecule has 1 saturated carbocycles. The van der Waals surface area contributed by atoms with E-state index in [9.17, 15) is 14.9 Å². The molecule has 1 aliphatic carbocycles. The molecule has 1 aliphatic rings. The Kier molecular flexibility index (Phi) is 6.09. The summed E-state index contributed by atoms with van der Waals surface area (Å²) >= 11 is 11.8. The third-order valence-electron chi connectivity index (χ3n) is 4.11. The Morgan fingerprint density at radius 2 is 1.96 bits per heavy atom. The molecule has 24 heavy (non-hydrogen) atoms. The zero-order chi connectivity index (χ0) is 17.7. The van der Waals surface area contributed by atoms with Crippen molar-refractivity contribution in [3.05, 3.63) is 33.8 Å². The lowest BCUT2D eigenvalue weighted by atomic mass is 9.83. The number of carbonyl (C=O) groups is 2. The van der Waals surface area contributed by atoms with Crippen molar-refractivity contribution < 1.29 is 14.3 Å². The maximum atomic E-state index is 12.3. The SMILES string of the molecule is C[C@@H](OC(=O)c1cccc(Cl)c1Cl)C(=O)NC1(C#N)CCCCC1. The lowest BCUT2D eigenvalue weighted by Gasteiger charge is -2.32. The van der Waals surface area contributed by atoms with Crippen LogP contribution in [0.15, 0.2) is 18.2 Å². The number of ether oxygens (including phenoxy) is 1. The second kappa shape index (κ2) is 7.87. The van der Waals surface area contributed by atoms with E-state index in [2.05, 4.69) is 11.4 Å². The average Bonchev–Trinajstić information content (AvgIpc) is 2.58. The summed E-state index contributed by atoms with van der Waals surface area (Å²) in [4.78, 5) is 24.5. The summed E-state index contributed by atoms with van der Waals surface area (Å²) in [6.07, 6.45) is 3.00. The third-order valence-corrected chi connectivity index (χ3v) is 4.93. The van der Waals surface area contributed by atoms with Crippen LogP contribution >= 0.6 is 23.2 Å². The highest BCUT2D eigenvalue weighted by atomic mass is 35.5. The highest BCUT2D eigenvalue weighted by Gasteiger charge is 2.35.